The van der Waals surface area contributed by atoms with Gasteiger partial charge in [-0.1, -0.05) is 67.0 Å². The first-order chi connectivity index (χ1) is 11.7. The van der Waals surface area contributed by atoms with Crippen LogP contribution in [0.4, 0.5) is 5.69 Å². The second-order valence-corrected chi connectivity index (χ2v) is 6.70. The fourth-order valence-electron chi connectivity index (χ4n) is 2.23. The Morgan fingerprint density at radius 1 is 1.12 bits per heavy atom. The molecule has 0 spiro atoms. The van der Waals surface area contributed by atoms with Gasteiger partial charge in [0.05, 0.1) is 10.6 Å². The number of thiocarbonyl (C=S) groups is 1. The minimum Gasteiger partial charge on any atom is -0.490 e. The van der Waals surface area contributed by atoms with Crippen molar-refractivity contribution >= 4 is 46.0 Å². The molecule has 2 aromatic rings. The average Bonchev–Trinajstić information content (AvgIpc) is 2.88. The van der Waals surface area contributed by atoms with Crippen molar-refractivity contribution in [1.29, 1.82) is 0 Å². The first-order valence-electron chi connectivity index (χ1n) is 7.36. The lowest BCUT2D eigenvalue weighted by molar-refractivity contribution is -0.113. The zero-order valence-corrected chi connectivity index (χ0v) is 14.5. The van der Waals surface area contributed by atoms with E-state index in [1.807, 2.05) is 60.7 Å². The molecule has 1 fully saturated rings. The van der Waals surface area contributed by atoms with Gasteiger partial charge in [0.25, 0.3) is 5.91 Å². The molecule has 1 saturated heterocycles. The summed E-state index contributed by atoms with van der Waals surface area (Å²) in [5.74, 6) is 0.673. The molecule has 120 valence electrons. The maximum atomic E-state index is 12.6. The molecule has 0 unspecified atom stereocenters. The van der Waals surface area contributed by atoms with E-state index in [4.69, 9.17) is 17.0 Å². The summed E-state index contributed by atoms with van der Waals surface area (Å²) in [5.41, 5.74) is 1.71. The van der Waals surface area contributed by atoms with E-state index in [-0.39, 0.29) is 5.91 Å². The molecule has 0 aromatic heterocycles. The van der Waals surface area contributed by atoms with Gasteiger partial charge in [0.15, 0.2) is 4.32 Å². The van der Waals surface area contributed by atoms with Crippen LogP contribution in [0.1, 0.15) is 5.56 Å². The largest absolute Gasteiger partial charge is 0.490 e. The SMILES string of the molecule is C=CCOc1ccc(C=C2SC(=S)N(c3ccccc3)C2=O)cc1. The predicted molar refractivity (Wildman–Crippen MR) is 104 cm³/mol. The quantitative estimate of drug-likeness (QED) is 0.444. The summed E-state index contributed by atoms with van der Waals surface area (Å²) < 4.78 is 6.00. The van der Waals surface area contributed by atoms with E-state index in [2.05, 4.69) is 6.58 Å². The molecular formula is C19H15NO2S2. The molecule has 24 heavy (non-hydrogen) atoms. The lowest BCUT2D eigenvalue weighted by atomic mass is 10.2. The van der Waals surface area contributed by atoms with Gasteiger partial charge in [0, 0.05) is 0 Å². The molecule has 0 atom stereocenters. The lowest BCUT2D eigenvalue weighted by Gasteiger charge is -2.13. The number of nitrogens with zero attached hydrogens (tertiary/aromatic N) is 1. The molecule has 0 radical (unpaired) electrons. The van der Waals surface area contributed by atoms with E-state index in [9.17, 15) is 4.79 Å². The molecule has 0 bridgehead atoms. The topological polar surface area (TPSA) is 29.5 Å². The fraction of sp³-hybridized carbons (Fsp3) is 0.0526. The van der Waals surface area contributed by atoms with Crippen LogP contribution in [0.25, 0.3) is 6.08 Å². The molecule has 1 aliphatic rings. The second-order valence-electron chi connectivity index (χ2n) is 5.02. The summed E-state index contributed by atoms with van der Waals surface area (Å²) in [7, 11) is 0. The van der Waals surface area contributed by atoms with Crippen molar-refractivity contribution in [2.24, 2.45) is 0 Å². The Bertz CT molecular complexity index is 798. The molecule has 5 heteroatoms. The Morgan fingerprint density at radius 3 is 2.50 bits per heavy atom. The molecule has 2 aromatic carbocycles. The Balaban J connectivity index is 1.80. The molecule has 0 saturated carbocycles. The summed E-state index contributed by atoms with van der Waals surface area (Å²) in [6, 6.07) is 17.0. The number of ether oxygens (including phenoxy) is 1. The molecule has 1 aliphatic heterocycles. The lowest BCUT2D eigenvalue weighted by Crippen LogP contribution is -2.27. The highest BCUT2D eigenvalue weighted by Crippen LogP contribution is 2.35. The van der Waals surface area contributed by atoms with Crippen LogP contribution in [0.15, 0.2) is 72.2 Å². The third-order valence-electron chi connectivity index (χ3n) is 3.35. The number of thioether (sulfide) groups is 1. The van der Waals surface area contributed by atoms with E-state index in [0.717, 1.165) is 17.0 Å². The third-order valence-corrected chi connectivity index (χ3v) is 4.66. The first-order valence-corrected chi connectivity index (χ1v) is 8.58. The molecule has 0 aliphatic carbocycles. The molecule has 1 heterocycles. The Hall–Kier alpha value is -2.37. The molecule has 1 amide bonds. The highest BCUT2D eigenvalue weighted by molar-refractivity contribution is 8.27. The molecule has 3 rings (SSSR count). The molecule has 0 N–H and O–H groups in total. The van der Waals surface area contributed by atoms with Gasteiger partial charge in [-0.15, -0.1) is 0 Å². The summed E-state index contributed by atoms with van der Waals surface area (Å²) in [5, 5.41) is 0. The number of anilines is 1. The van der Waals surface area contributed by atoms with E-state index in [0.29, 0.717) is 15.8 Å². The second kappa shape index (κ2) is 7.47. The van der Waals surface area contributed by atoms with Gasteiger partial charge in [0.2, 0.25) is 0 Å². The van der Waals surface area contributed by atoms with Crippen LogP contribution in [-0.4, -0.2) is 16.8 Å². The van der Waals surface area contributed by atoms with Crippen LogP contribution in [0.5, 0.6) is 5.75 Å². The number of carbonyl (C=O) groups excluding carboxylic acids is 1. The summed E-state index contributed by atoms with van der Waals surface area (Å²) in [4.78, 5) is 14.8. The predicted octanol–water partition coefficient (Wildman–Crippen LogP) is 4.66. The standard InChI is InChI=1S/C19H15NO2S2/c1-2-12-22-16-10-8-14(9-11-16)13-17-18(21)20(19(23)24-17)15-6-4-3-5-7-15/h2-11,13H,1,12H2. The van der Waals surface area contributed by atoms with E-state index >= 15 is 0 Å². The van der Waals surface area contributed by atoms with Crippen molar-refractivity contribution in [2.75, 3.05) is 11.5 Å². The van der Waals surface area contributed by atoms with Gasteiger partial charge in [-0.3, -0.25) is 9.69 Å². The number of carbonyl (C=O) groups is 1. The van der Waals surface area contributed by atoms with Crippen LogP contribution in [-0.2, 0) is 4.79 Å². The van der Waals surface area contributed by atoms with Crippen LogP contribution >= 0.6 is 24.0 Å². The van der Waals surface area contributed by atoms with Crippen molar-refractivity contribution in [3.05, 3.63) is 77.7 Å². The van der Waals surface area contributed by atoms with E-state index < -0.39 is 0 Å². The minimum atomic E-state index is -0.0943. The number of amides is 1. The Morgan fingerprint density at radius 2 is 1.83 bits per heavy atom. The maximum absolute atomic E-state index is 12.6. The highest BCUT2D eigenvalue weighted by atomic mass is 32.2. The van der Waals surface area contributed by atoms with Crippen molar-refractivity contribution < 1.29 is 9.53 Å². The van der Waals surface area contributed by atoms with E-state index in [1.165, 1.54) is 11.8 Å². The fourth-order valence-corrected chi connectivity index (χ4v) is 3.53. The number of hydrogen-bond acceptors (Lipinski definition) is 4. The summed E-state index contributed by atoms with van der Waals surface area (Å²) in [6.07, 6.45) is 3.54. The van der Waals surface area contributed by atoms with Crippen molar-refractivity contribution in [3.8, 4) is 5.75 Å². The van der Waals surface area contributed by atoms with Gasteiger partial charge in [-0.25, -0.2) is 0 Å². The van der Waals surface area contributed by atoms with Crippen molar-refractivity contribution in [1.82, 2.24) is 0 Å². The minimum absolute atomic E-state index is 0.0943. The zero-order chi connectivity index (χ0) is 16.9. The van der Waals surface area contributed by atoms with Gasteiger partial charge in [-0.2, -0.15) is 0 Å². The van der Waals surface area contributed by atoms with Gasteiger partial charge in [0.1, 0.15) is 12.4 Å². The summed E-state index contributed by atoms with van der Waals surface area (Å²) in [6.45, 7) is 4.09. The summed E-state index contributed by atoms with van der Waals surface area (Å²) >= 11 is 6.67. The number of para-hydroxylation sites is 1. The van der Waals surface area contributed by atoms with Crippen molar-refractivity contribution in [3.63, 3.8) is 0 Å². The number of benzene rings is 2. The van der Waals surface area contributed by atoms with Crippen LogP contribution in [0.3, 0.4) is 0 Å². The van der Waals surface area contributed by atoms with Gasteiger partial charge in [-0.05, 0) is 35.9 Å². The molecular weight excluding hydrogens is 338 g/mol. The monoisotopic (exact) mass is 353 g/mol. The van der Waals surface area contributed by atoms with Crippen LogP contribution in [0.2, 0.25) is 0 Å². The maximum Gasteiger partial charge on any atom is 0.270 e. The third kappa shape index (κ3) is 3.58. The number of hydrogen-bond donors (Lipinski definition) is 0. The van der Waals surface area contributed by atoms with Crippen LogP contribution in [0, 0.1) is 0 Å². The molecule has 3 nitrogen and oxygen atoms in total. The van der Waals surface area contributed by atoms with Gasteiger partial charge < -0.3 is 4.74 Å². The van der Waals surface area contributed by atoms with Gasteiger partial charge >= 0.3 is 0 Å². The van der Waals surface area contributed by atoms with Crippen LogP contribution < -0.4 is 9.64 Å². The number of rotatable bonds is 5. The Kier molecular flexibility index (Phi) is 5.13. The smallest absolute Gasteiger partial charge is 0.270 e. The highest BCUT2D eigenvalue weighted by Gasteiger charge is 2.33. The van der Waals surface area contributed by atoms with Crippen molar-refractivity contribution in [2.45, 2.75) is 0 Å². The Labute approximate surface area is 150 Å². The average molecular weight is 353 g/mol. The zero-order valence-electron chi connectivity index (χ0n) is 12.8. The normalized spacial score (nSPS) is 15.8. The first kappa shape index (κ1) is 16.5. The van der Waals surface area contributed by atoms with E-state index in [1.54, 1.807) is 11.0 Å².